The zero-order valence-corrected chi connectivity index (χ0v) is 17.3. The van der Waals surface area contributed by atoms with Crippen LogP contribution in [0.5, 0.6) is 0 Å². The molecular formula is C22H20N2O5S. The highest BCUT2D eigenvalue weighted by Crippen LogP contribution is 2.39. The predicted molar refractivity (Wildman–Crippen MR) is 113 cm³/mol. The highest BCUT2D eigenvalue weighted by atomic mass is 32.2. The molecule has 1 atom stereocenters. The minimum absolute atomic E-state index is 0.200. The molecule has 0 N–H and O–H groups in total. The van der Waals surface area contributed by atoms with Gasteiger partial charge in [-0.2, -0.15) is 0 Å². The van der Waals surface area contributed by atoms with Gasteiger partial charge < -0.3 is 14.2 Å². The molecule has 8 heteroatoms. The van der Waals surface area contributed by atoms with Crippen molar-refractivity contribution in [2.24, 2.45) is 0 Å². The van der Waals surface area contributed by atoms with E-state index in [1.807, 2.05) is 19.1 Å². The second kappa shape index (κ2) is 7.46. The van der Waals surface area contributed by atoms with Crippen LogP contribution in [-0.2, 0) is 14.6 Å². The van der Waals surface area contributed by atoms with Crippen LogP contribution >= 0.6 is 0 Å². The Morgan fingerprint density at radius 1 is 1.07 bits per heavy atom. The van der Waals surface area contributed by atoms with E-state index in [2.05, 4.69) is 0 Å². The fourth-order valence-electron chi connectivity index (χ4n) is 3.61. The monoisotopic (exact) mass is 424 g/mol. The molecule has 1 unspecified atom stereocenters. The summed E-state index contributed by atoms with van der Waals surface area (Å²) in [5.41, 5.74) is 2.81. The van der Waals surface area contributed by atoms with Crippen LogP contribution in [0, 0.1) is 0 Å². The Balaban J connectivity index is 1.79. The zero-order chi connectivity index (χ0) is 21.5. The van der Waals surface area contributed by atoms with Gasteiger partial charge in [-0.3, -0.25) is 9.59 Å². The van der Waals surface area contributed by atoms with Crippen molar-refractivity contribution in [3.05, 3.63) is 66.6 Å². The molecule has 0 radical (unpaired) electrons. The average Bonchev–Trinajstić information content (AvgIpc) is 3.27. The first-order valence-corrected chi connectivity index (χ1v) is 11.2. The first-order chi connectivity index (χ1) is 14.3. The number of hydrogen-bond donors (Lipinski definition) is 0. The zero-order valence-electron chi connectivity index (χ0n) is 16.5. The quantitative estimate of drug-likeness (QED) is 0.599. The number of anilines is 2. The van der Waals surface area contributed by atoms with Gasteiger partial charge in [0.1, 0.15) is 0 Å². The van der Waals surface area contributed by atoms with Gasteiger partial charge in [-0.05, 0) is 54.4 Å². The Morgan fingerprint density at radius 2 is 1.77 bits per heavy atom. The molecule has 3 aromatic rings. The van der Waals surface area contributed by atoms with Gasteiger partial charge in [0.05, 0.1) is 28.6 Å². The molecule has 2 heterocycles. The molecule has 2 amide bonds. The summed E-state index contributed by atoms with van der Waals surface area (Å²) >= 11 is 0. The van der Waals surface area contributed by atoms with Crippen LogP contribution in [-0.4, -0.2) is 39.6 Å². The smallest absolute Gasteiger partial charge is 0.294 e. The summed E-state index contributed by atoms with van der Waals surface area (Å²) in [5.74, 6) is -0.0705. The van der Waals surface area contributed by atoms with Crippen molar-refractivity contribution in [3.63, 3.8) is 0 Å². The fraction of sp³-hybridized carbons (Fsp3) is 0.182. The molecule has 0 saturated carbocycles. The Morgan fingerprint density at radius 3 is 2.37 bits per heavy atom. The van der Waals surface area contributed by atoms with E-state index in [0.717, 1.165) is 23.8 Å². The maximum Gasteiger partial charge on any atom is 0.294 e. The molecule has 7 nitrogen and oxygen atoms in total. The summed E-state index contributed by atoms with van der Waals surface area (Å²) in [6.45, 7) is 2.19. The molecule has 1 aromatic heterocycles. The number of carbonyl (C=O) groups excluding carboxylic acids is 2. The molecule has 4 rings (SSSR count). The molecule has 154 valence electrons. The van der Waals surface area contributed by atoms with Gasteiger partial charge in [-0.1, -0.05) is 18.2 Å². The van der Waals surface area contributed by atoms with Gasteiger partial charge in [0, 0.05) is 12.8 Å². The van der Waals surface area contributed by atoms with Crippen molar-refractivity contribution in [1.29, 1.82) is 0 Å². The van der Waals surface area contributed by atoms with Gasteiger partial charge in [-0.25, -0.2) is 8.42 Å². The van der Waals surface area contributed by atoms with Gasteiger partial charge in [0.25, 0.3) is 5.91 Å². The van der Waals surface area contributed by atoms with Crippen LogP contribution in [0.25, 0.3) is 11.1 Å². The maximum atomic E-state index is 13.0. The first kappa shape index (κ1) is 19.9. The molecule has 0 fully saturated rings. The van der Waals surface area contributed by atoms with Crippen molar-refractivity contribution >= 4 is 33.5 Å². The van der Waals surface area contributed by atoms with Crippen LogP contribution in [0.2, 0.25) is 0 Å². The molecule has 0 spiro atoms. The number of hydrogen-bond acceptors (Lipinski definition) is 5. The van der Waals surface area contributed by atoms with Crippen molar-refractivity contribution < 1.29 is 22.4 Å². The van der Waals surface area contributed by atoms with E-state index >= 15 is 0 Å². The molecule has 1 aliphatic heterocycles. The fourth-order valence-corrected chi connectivity index (χ4v) is 4.24. The van der Waals surface area contributed by atoms with Gasteiger partial charge in [0.15, 0.2) is 15.6 Å². The topological polar surface area (TPSA) is 87.9 Å². The number of amides is 2. The molecule has 0 saturated heterocycles. The van der Waals surface area contributed by atoms with Crippen LogP contribution < -0.4 is 9.80 Å². The number of furan rings is 1. The summed E-state index contributed by atoms with van der Waals surface area (Å²) in [4.78, 5) is 28.1. The predicted octanol–water partition coefficient (Wildman–Crippen LogP) is 3.36. The summed E-state index contributed by atoms with van der Waals surface area (Å²) in [7, 11) is -3.29. The molecule has 1 aliphatic rings. The first-order valence-electron chi connectivity index (χ1n) is 9.33. The normalized spacial score (nSPS) is 16.3. The maximum absolute atomic E-state index is 13.0. The molecule has 30 heavy (non-hydrogen) atoms. The van der Waals surface area contributed by atoms with Gasteiger partial charge in [-0.15, -0.1) is 0 Å². The van der Waals surface area contributed by atoms with E-state index in [9.17, 15) is 18.0 Å². The molecule has 0 aliphatic carbocycles. The third-order valence-corrected chi connectivity index (χ3v) is 6.30. The third kappa shape index (κ3) is 3.50. The molecule has 2 aromatic carbocycles. The van der Waals surface area contributed by atoms with Crippen LogP contribution in [0.3, 0.4) is 0 Å². The summed E-state index contributed by atoms with van der Waals surface area (Å²) in [6, 6.07) is 15.1. The lowest BCUT2D eigenvalue weighted by Gasteiger charge is -2.39. The largest absolute Gasteiger partial charge is 0.459 e. The van der Waals surface area contributed by atoms with Crippen LogP contribution in [0.4, 0.5) is 11.4 Å². The van der Waals surface area contributed by atoms with E-state index in [1.54, 1.807) is 52.3 Å². The average molecular weight is 424 g/mol. The summed E-state index contributed by atoms with van der Waals surface area (Å²) < 4.78 is 28.7. The van der Waals surface area contributed by atoms with E-state index in [-0.39, 0.29) is 22.6 Å². The van der Waals surface area contributed by atoms with Crippen molar-refractivity contribution in [2.45, 2.75) is 17.9 Å². The standard InChI is InChI=1S/C22H20N2O5S/c1-15-13-23(22(26)21-4-3-11-29-21)20-12-17(7-10-19(20)24(15)14-25)16-5-8-18(9-6-16)30(2,27)28/h3-12,14-15H,13H2,1-2H3. The van der Waals surface area contributed by atoms with E-state index in [4.69, 9.17) is 4.42 Å². The second-order valence-corrected chi connectivity index (χ2v) is 9.27. The number of fused-ring (bicyclic) bond motifs is 1. The van der Waals surface area contributed by atoms with Crippen molar-refractivity contribution in [3.8, 4) is 11.1 Å². The van der Waals surface area contributed by atoms with Crippen molar-refractivity contribution in [1.82, 2.24) is 0 Å². The highest BCUT2D eigenvalue weighted by molar-refractivity contribution is 7.90. The Labute approximate surface area is 174 Å². The van der Waals surface area contributed by atoms with Crippen LogP contribution in [0.1, 0.15) is 17.5 Å². The van der Waals surface area contributed by atoms with E-state index < -0.39 is 9.84 Å². The number of rotatable bonds is 4. The molecule has 0 bridgehead atoms. The van der Waals surface area contributed by atoms with E-state index in [1.165, 1.54) is 6.26 Å². The minimum Gasteiger partial charge on any atom is -0.459 e. The van der Waals surface area contributed by atoms with Crippen molar-refractivity contribution in [2.75, 3.05) is 22.6 Å². The van der Waals surface area contributed by atoms with Gasteiger partial charge in [0.2, 0.25) is 6.41 Å². The second-order valence-electron chi connectivity index (χ2n) is 7.25. The lowest BCUT2D eigenvalue weighted by molar-refractivity contribution is -0.107. The third-order valence-electron chi connectivity index (χ3n) is 5.17. The lowest BCUT2D eigenvalue weighted by Crippen LogP contribution is -2.49. The Kier molecular flexibility index (Phi) is 4.95. The van der Waals surface area contributed by atoms with Gasteiger partial charge >= 0.3 is 0 Å². The number of sulfone groups is 1. The Hall–Kier alpha value is -3.39. The summed E-state index contributed by atoms with van der Waals surface area (Å²) in [6.07, 6.45) is 3.37. The molecular weight excluding hydrogens is 404 g/mol. The minimum atomic E-state index is -3.29. The highest BCUT2D eigenvalue weighted by Gasteiger charge is 2.33. The van der Waals surface area contributed by atoms with Crippen LogP contribution in [0.15, 0.2) is 70.2 Å². The van der Waals surface area contributed by atoms with E-state index in [0.29, 0.717) is 17.9 Å². The number of nitrogens with zero attached hydrogens (tertiary/aromatic N) is 2. The summed E-state index contributed by atoms with van der Waals surface area (Å²) in [5, 5.41) is 0. The Bertz CT molecular complexity index is 1200. The number of carbonyl (C=O) groups is 2. The number of benzene rings is 2. The lowest BCUT2D eigenvalue weighted by atomic mass is 10.0. The SMILES string of the molecule is CC1CN(C(=O)c2ccco2)c2cc(-c3ccc(S(C)(=O)=O)cc3)ccc2N1C=O.